The van der Waals surface area contributed by atoms with Crippen LogP contribution in [0.15, 0.2) is 35.1 Å². The molecule has 0 spiro atoms. The molecule has 2 rings (SSSR count). The van der Waals surface area contributed by atoms with Gasteiger partial charge in [0.05, 0.1) is 6.20 Å². The third-order valence-corrected chi connectivity index (χ3v) is 3.67. The fourth-order valence-electron chi connectivity index (χ4n) is 1.71. The first-order valence-corrected chi connectivity index (χ1v) is 6.13. The Bertz CT molecular complexity index is 560. The molecule has 0 atom stereocenters. The number of carbonyl (C=O) groups excluding carboxylic acids is 1. The van der Waals surface area contributed by atoms with E-state index in [-0.39, 0.29) is 5.78 Å². The van der Waals surface area contributed by atoms with Crippen molar-refractivity contribution in [3.05, 3.63) is 51.8 Å². The van der Waals surface area contributed by atoms with Gasteiger partial charge in [0.1, 0.15) is 0 Å². The van der Waals surface area contributed by atoms with Crippen LogP contribution in [0.25, 0.3) is 0 Å². The third kappa shape index (κ3) is 2.64. The summed E-state index contributed by atoms with van der Waals surface area (Å²) in [7, 11) is 1.84. The van der Waals surface area contributed by atoms with Crippen LogP contribution < -0.4 is 0 Å². The lowest BCUT2D eigenvalue weighted by atomic mass is 10.0. The molecule has 0 radical (unpaired) electrons. The Morgan fingerprint density at radius 3 is 2.88 bits per heavy atom. The monoisotopic (exact) mass is 292 g/mol. The second kappa shape index (κ2) is 4.84. The van der Waals surface area contributed by atoms with Gasteiger partial charge in [0.15, 0.2) is 5.78 Å². The van der Waals surface area contributed by atoms with Gasteiger partial charge in [-0.3, -0.25) is 9.48 Å². The van der Waals surface area contributed by atoms with Crippen molar-refractivity contribution in [2.24, 2.45) is 7.05 Å². The van der Waals surface area contributed by atoms with Crippen LogP contribution in [-0.2, 0) is 13.5 Å². The van der Waals surface area contributed by atoms with E-state index in [0.717, 1.165) is 21.2 Å². The molecular formula is C13H13BrN2O. The van der Waals surface area contributed by atoms with E-state index in [9.17, 15) is 4.79 Å². The Morgan fingerprint density at radius 2 is 2.24 bits per heavy atom. The Morgan fingerprint density at radius 1 is 1.47 bits per heavy atom. The fraction of sp³-hybridized carbons (Fsp3) is 0.231. The molecule has 1 aromatic carbocycles. The van der Waals surface area contributed by atoms with Crippen molar-refractivity contribution in [1.82, 2.24) is 9.78 Å². The minimum Gasteiger partial charge on any atom is -0.294 e. The van der Waals surface area contributed by atoms with Crippen molar-refractivity contribution < 1.29 is 4.79 Å². The van der Waals surface area contributed by atoms with Gasteiger partial charge in [-0.1, -0.05) is 18.2 Å². The van der Waals surface area contributed by atoms with Gasteiger partial charge in [0.2, 0.25) is 0 Å². The second-order valence-electron chi connectivity index (χ2n) is 4.06. The van der Waals surface area contributed by atoms with Crippen LogP contribution in [0.5, 0.6) is 0 Å². The maximum absolute atomic E-state index is 12.1. The van der Waals surface area contributed by atoms with E-state index in [1.54, 1.807) is 10.9 Å². The predicted octanol–water partition coefficient (Wildman–Crippen LogP) is 2.92. The van der Waals surface area contributed by atoms with Crippen LogP contribution in [0, 0.1) is 6.92 Å². The molecule has 0 N–H and O–H groups in total. The van der Waals surface area contributed by atoms with E-state index in [2.05, 4.69) is 21.0 Å². The predicted molar refractivity (Wildman–Crippen MR) is 70.1 cm³/mol. The lowest BCUT2D eigenvalue weighted by molar-refractivity contribution is 0.0992. The van der Waals surface area contributed by atoms with Gasteiger partial charge in [-0.05, 0) is 34.0 Å². The zero-order chi connectivity index (χ0) is 12.4. The van der Waals surface area contributed by atoms with Crippen molar-refractivity contribution in [2.45, 2.75) is 13.3 Å². The molecule has 0 aliphatic rings. The maximum Gasteiger partial charge on any atom is 0.168 e. The van der Waals surface area contributed by atoms with Gasteiger partial charge in [0, 0.05) is 29.7 Å². The normalized spacial score (nSPS) is 10.5. The first-order valence-electron chi connectivity index (χ1n) is 5.34. The lowest BCUT2D eigenvalue weighted by Crippen LogP contribution is -2.04. The number of halogens is 1. The molecule has 0 fully saturated rings. The summed E-state index contributed by atoms with van der Waals surface area (Å²) in [6, 6.07) is 5.72. The number of Topliss-reactive ketones (excluding diaryl/α,β-unsaturated/α-hetero) is 1. The number of benzene rings is 1. The van der Waals surface area contributed by atoms with Gasteiger partial charge < -0.3 is 0 Å². The van der Waals surface area contributed by atoms with Crippen LogP contribution >= 0.6 is 15.9 Å². The van der Waals surface area contributed by atoms with Crippen LogP contribution in [0.3, 0.4) is 0 Å². The fourth-order valence-corrected chi connectivity index (χ4v) is 2.19. The minimum atomic E-state index is 0.105. The first kappa shape index (κ1) is 12.0. The number of carbonyl (C=O) groups is 1. The molecule has 0 unspecified atom stereocenters. The van der Waals surface area contributed by atoms with Crippen LogP contribution in [-0.4, -0.2) is 15.6 Å². The number of aryl methyl sites for hydroxylation is 2. The number of rotatable bonds is 3. The molecule has 2 aromatic rings. The summed E-state index contributed by atoms with van der Waals surface area (Å²) < 4.78 is 2.59. The summed E-state index contributed by atoms with van der Waals surface area (Å²) in [4.78, 5) is 12.1. The molecular weight excluding hydrogens is 280 g/mol. The molecule has 1 heterocycles. The van der Waals surface area contributed by atoms with Crippen LogP contribution in [0.2, 0.25) is 0 Å². The van der Waals surface area contributed by atoms with Crippen molar-refractivity contribution in [2.75, 3.05) is 0 Å². The molecule has 88 valence electrons. The largest absolute Gasteiger partial charge is 0.294 e. The van der Waals surface area contributed by atoms with Gasteiger partial charge in [-0.25, -0.2) is 0 Å². The smallest absolute Gasteiger partial charge is 0.168 e. The molecule has 0 amide bonds. The summed E-state index contributed by atoms with van der Waals surface area (Å²) >= 11 is 3.46. The summed E-state index contributed by atoms with van der Waals surface area (Å²) in [6.45, 7) is 1.98. The highest BCUT2D eigenvalue weighted by atomic mass is 79.9. The van der Waals surface area contributed by atoms with E-state index in [4.69, 9.17) is 0 Å². The molecule has 0 saturated heterocycles. The van der Waals surface area contributed by atoms with Gasteiger partial charge in [-0.2, -0.15) is 5.10 Å². The highest BCUT2D eigenvalue weighted by molar-refractivity contribution is 9.10. The molecule has 0 bridgehead atoms. The number of hydrogen-bond acceptors (Lipinski definition) is 2. The average Bonchev–Trinajstić information content (AvgIpc) is 2.68. The second-order valence-corrected chi connectivity index (χ2v) is 4.85. The maximum atomic E-state index is 12.1. The van der Waals surface area contributed by atoms with E-state index in [1.165, 1.54) is 0 Å². The van der Waals surface area contributed by atoms with E-state index >= 15 is 0 Å². The van der Waals surface area contributed by atoms with E-state index in [0.29, 0.717) is 6.42 Å². The van der Waals surface area contributed by atoms with E-state index in [1.807, 2.05) is 38.4 Å². The molecule has 3 nitrogen and oxygen atoms in total. The van der Waals surface area contributed by atoms with Crippen LogP contribution in [0.1, 0.15) is 21.5 Å². The number of nitrogens with zero attached hydrogens (tertiary/aromatic N) is 2. The van der Waals surface area contributed by atoms with Crippen LogP contribution in [0.4, 0.5) is 0 Å². The average molecular weight is 293 g/mol. The quantitative estimate of drug-likeness (QED) is 0.816. The summed E-state index contributed by atoms with van der Waals surface area (Å²) in [5.74, 6) is 0.105. The first-order chi connectivity index (χ1) is 8.08. The molecule has 0 saturated carbocycles. The SMILES string of the molecule is Cc1cccc(C(=O)Cc2cnn(C)c2)c1Br. The van der Waals surface area contributed by atoms with Gasteiger partial charge in [0.25, 0.3) is 0 Å². The number of hydrogen-bond donors (Lipinski definition) is 0. The van der Waals surface area contributed by atoms with Crippen molar-refractivity contribution >= 4 is 21.7 Å². The summed E-state index contributed by atoms with van der Waals surface area (Å²) in [5, 5.41) is 4.06. The lowest BCUT2D eigenvalue weighted by Gasteiger charge is -2.05. The zero-order valence-corrected chi connectivity index (χ0v) is 11.4. The summed E-state index contributed by atoms with van der Waals surface area (Å²) in [6.07, 6.45) is 3.97. The molecule has 17 heavy (non-hydrogen) atoms. The standard InChI is InChI=1S/C13H13BrN2O/c1-9-4-3-5-11(13(9)14)12(17)6-10-7-15-16(2)8-10/h3-5,7-8H,6H2,1-2H3. The molecule has 4 heteroatoms. The molecule has 1 aromatic heterocycles. The highest BCUT2D eigenvalue weighted by Gasteiger charge is 2.12. The van der Waals surface area contributed by atoms with Crippen molar-refractivity contribution in [3.63, 3.8) is 0 Å². The highest BCUT2D eigenvalue weighted by Crippen LogP contribution is 2.22. The van der Waals surface area contributed by atoms with E-state index < -0.39 is 0 Å². The van der Waals surface area contributed by atoms with Crippen molar-refractivity contribution in [3.8, 4) is 0 Å². The minimum absolute atomic E-state index is 0.105. The van der Waals surface area contributed by atoms with Gasteiger partial charge >= 0.3 is 0 Å². The number of ketones is 1. The Labute approximate surface area is 109 Å². The van der Waals surface area contributed by atoms with Gasteiger partial charge in [-0.15, -0.1) is 0 Å². The molecule has 0 aliphatic heterocycles. The van der Waals surface area contributed by atoms with Crippen molar-refractivity contribution in [1.29, 1.82) is 0 Å². The molecule has 0 aliphatic carbocycles. The third-order valence-electron chi connectivity index (χ3n) is 2.62. The Balaban J connectivity index is 2.23. The Hall–Kier alpha value is -1.42. The topological polar surface area (TPSA) is 34.9 Å². The number of aromatic nitrogens is 2. The Kier molecular flexibility index (Phi) is 3.43. The summed E-state index contributed by atoms with van der Waals surface area (Å²) in [5.41, 5.74) is 2.74. The zero-order valence-electron chi connectivity index (χ0n) is 9.77.